The van der Waals surface area contributed by atoms with Crippen LogP contribution in [-0.2, 0) is 19.3 Å². The van der Waals surface area contributed by atoms with Crippen LogP contribution in [0.25, 0.3) is 5.82 Å². The second kappa shape index (κ2) is 10.2. The third-order valence-corrected chi connectivity index (χ3v) is 3.95. The molecule has 2 aromatic heterocycles. The number of halogens is 4. The Morgan fingerprint density at radius 3 is 2.38 bits per heavy atom. The number of aromatic nitrogens is 3. The van der Waals surface area contributed by atoms with Crippen LogP contribution in [-0.4, -0.2) is 27.8 Å². The Labute approximate surface area is 183 Å². The second-order valence-corrected chi connectivity index (χ2v) is 5.95. The molecule has 10 heteroatoms. The zero-order chi connectivity index (χ0) is 20.0. The molecule has 3 rings (SSSR count). The van der Waals surface area contributed by atoms with E-state index in [1.54, 1.807) is 36.4 Å². The first-order valence-corrected chi connectivity index (χ1v) is 8.51. The molecule has 1 aromatic carbocycles. The molecule has 2 heterocycles. The highest BCUT2D eigenvalue weighted by molar-refractivity contribution is 14.0. The van der Waals surface area contributed by atoms with Crippen molar-refractivity contribution in [3.63, 3.8) is 0 Å². The Hall–Kier alpha value is -2.63. The van der Waals surface area contributed by atoms with Crippen LogP contribution in [0.3, 0.4) is 0 Å². The number of guanidine groups is 1. The number of pyridine rings is 1. The summed E-state index contributed by atoms with van der Waals surface area (Å²) in [4.78, 5) is 8.37. The van der Waals surface area contributed by atoms with Crippen molar-refractivity contribution in [1.29, 1.82) is 0 Å². The number of nitrogens with one attached hydrogen (secondary N) is 2. The number of nitrogens with zero attached hydrogens (tertiary/aromatic N) is 4. The molecule has 0 unspecified atom stereocenters. The molecule has 0 atom stereocenters. The van der Waals surface area contributed by atoms with Gasteiger partial charge in [0, 0.05) is 38.7 Å². The van der Waals surface area contributed by atoms with E-state index in [9.17, 15) is 13.2 Å². The lowest BCUT2D eigenvalue weighted by molar-refractivity contribution is -0.137. The summed E-state index contributed by atoms with van der Waals surface area (Å²) in [5.74, 6) is 1.17. The van der Waals surface area contributed by atoms with Crippen molar-refractivity contribution in [2.24, 2.45) is 4.99 Å². The standard InChI is InChI=1S/C19H19F3N6.HI/c1-23-18(25-12-14-4-2-5-16(10-14)19(20,21)22)26-13-15-6-8-24-17(11-15)28-9-3-7-27-28;/h2-11H,12-13H2,1H3,(H2,23,25,26);1H. The zero-order valence-electron chi connectivity index (χ0n) is 15.5. The fourth-order valence-corrected chi connectivity index (χ4v) is 2.55. The molecule has 0 amide bonds. The Morgan fingerprint density at radius 2 is 1.76 bits per heavy atom. The van der Waals surface area contributed by atoms with Crippen LogP contribution >= 0.6 is 24.0 Å². The quantitative estimate of drug-likeness (QED) is 0.308. The first-order valence-electron chi connectivity index (χ1n) is 8.51. The summed E-state index contributed by atoms with van der Waals surface area (Å²) in [5.41, 5.74) is 0.808. The van der Waals surface area contributed by atoms with Crippen molar-refractivity contribution in [3.8, 4) is 5.82 Å². The highest BCUT2D eigenvalue weighted by Gasteiger charge is 2.30. The van der Waals surface area contributed by atoms with Gasteiger partial charge in [-0.15, -0.1) is 24.0 Å². The summed E-state index contributed by atoms with van der Waals surface area (Å²) in [5, 5.41) is 10.3. The van der Waals surface area contributed by atoms with Gasteiger partial charge in [0.2, 0.25) is 0 Å². The molecule has 6 nitrogen and oxygen atoms in total. The first-order chi connectivity index (χ1) is 13.5. The number of benzene rings is 1. The molecule has 0 spiro atoms. The molecule has 0 radical (unpaired) electrons. The minimum absolute atomic E-state index is 0. The minimum Gasteiger partial charge on any atom is -0.352 e. The number of hydrogen-bond donors (Lipinski definition) is 2. The Kier molecular flexibility index (Phi) is 8.00. The highest BCUT2D eigenvalue weighted by atomic mass is 127. The van der Waals surface area contributed by atoms with Gasteiger partial charge in [-0.1, -0.05) is 12.1 Å². The van der Waals surface area contributed by atoms with E-state index in [2.05, 4.69) is 25.7 Å². The monoisotopic (exact) mass is 516 g/mol. The first kappa shape index (κ1) is 22.7. The normalized spacial score (nSPS) is 11.7. The van der Waals surface area contributed by atoms with Crippen LogP contribution in [0, 0.1) is 0 Å². The summed E-state index contributed by atoms with van der Waals surface area (Å²) in [6.07, 6.45) is 0.803. The van der Waals surface area contributed by atoms with Crippen LogP contribution in [0.2, 0.25) is 0 Å². The van der Waals surface area contributed by atoms with Gasteiger partial charge in [0.15, 0.2) is 11.8 Å². The third-order valence-electron chi connectivity index (χ3n) is 3.95. The van der Waals surface area contributed by atoms with Gasteiger partial charge in [-0.05, 0) is 41.5 Å². The fourth-order valence-electron chi connectivity index (χ4n) is 2.55. The topological polar surface area (TPSA) is 67.1 Å². The lowest BCUT2D eigenvalue weighted by Gasteiger charge is -2.13. The predicted octanol–water partition coefficient (Wildman–Crippen LogP) is 3.77. The number of alkyl halides is 3. The highest BCUT2D eigenvalue weighted by Crippen LogP contribution is 2.29. The molecule has 0 aliphatic carbocycles. The molecule has 0 bridgehead atoms. The molecular formula is C19H20F3IN6. The Morgan fingerprint density at radius 1 is 1.03 bits per heavy atom. The van der Waals surface area contributed by atoms with Crippen LogP contribution in [0.15, 0.2) is 66.0 Å². The molecule has 29 heavy (non-hydrogen) atoms. The SMILES string of the molecule is CN=C(NCc1cccc(C(F)(F)F)c1)NCc1ccnc(-n2cccn2)c1.I. The Balaban J connectivity index is 0.00000300. The molecule has 0 saturated heterocycles. The van der Waals surface area contributed by atoms with Gasteiger partial charge in [0.05, 0.1) is 5.56 Å². The van der Waals surface area contributed by atoms with Gasteiger partial charge in [-0.2, -0.15) is 18.3 Å². The summed E-state index contributed by atoms with van der Waals surface area (Å²) in [7, 11) is 1.60. The van der Waals surface area contributed by atoms with E-state index in [0.717, 1.165) is 17.7 Å². The minimum atomic E-state index is -4.36. The van der Waals surface area contributed by atoms with Crippen molar-refractivity contribution in [2.45, 2.75) is 19.3 Å². The predicted molar refractivity (Wildman–Crippen MR) is 115 cm³/mol. The maximum Gasteiger partial charge on any atom is 0.416 e. The van der Waals surface area contributed by atoms with Crippen molar-refractivity contribution in [3.05, 3.63) is 77.7 Å². The maximum absolute atomic E-state index is 12.8. The molecule has 0 fully saturated rings. The zero-order valence-corrected chi connectivity index (χ0v) is 17.8. The summed E-state index contributed by atoms with van der Waals surface area (Å²) >= 11 is 0. The maximum atomic E-state index is 12.8. The summed E-state index contributed by atoms with van der Waals surface area (Å²) in [6.45, 7) is 0.692. The average Bonchev–Trinajstić information content (AvgIpc) is 3.23. The van der Waals surface area contributed by atoms with Crippen LogP contribution in [0.5, 0.6) is 0 Å². The molecule has 3 aromatic rings. The number of hydrogen-bond acceptors (Lipinski definition) is 3. The van der Waals surface area contributed by atoms with Gasteiger partial charge < -0.3 is 10.6 Å². The van der Waals surface area contributed by atoms with E-state index in [-0.39, 0.29) is 30.5 Å². The van der Waals surface area contributed by atoms with E-state index in [0.29, 0.717) is 23.9 Å². The smallest absolute Gasteiger partial charge is 0.352 e. The third kappa shape index (κ3) is 6.44. The van der Waals surface area contributed by atoms with E-state index < -0.39 is 11.7 Å². The van der Waals surface area contributed by atoms with Crippen molar-refractivity contribution < 1.29 is 13.2 Å². The second-order valence-electron chi connectivity index (χ2n) is 5.95. The van der Waals surface area contributed by atoms with Gasteiger partial charge >= 0.3 is 6.18 Å². The van der Waals surface area contributed by atoms with Crippen molar-refractivity contribution in [2.75, 3.05) is 7.05 Å². The summed E-state index contributed by atoms with van der Waals surface area (Å²) < 4.78 is 40.1. The summed E-state index contributed by atoms with van der Waals surface area (Å²) in [6, 6.07) is 10.8. The van der Waals surface area contributed by atoms with Crippen LogP contribution in [0.4, 0.5) is 13.2 Å². The number of rotatable bonds is 5. The molecular weight excluding hydrogens is 496 g/mol. The van der Waals surface area contributed by atoms with E-state index >= 15 is 0 Å². The largest absolute Gasteiger partial charge is 0.416 e. The van der Waals surface area contributed by atoms with E-state index in [1.165, 1.54) is 6.07 Å². The van der Waals surface area contributed by atoms with Gasteiger partial charge in [-0.3, -0.25) is 4.99 Å². The van der Waals surface area contributed by atoms with E-state index in [4.69, 9.17) is 0 Å². The average molecular weight is 516 g/mol. The fraction of sp³-hybridized carbons (Fsp3) is 0.211. The van der Waals surface area contributed by atoms with Crippen LogP contribution in [0.1, 0.15) is 16.7 Å². The van der Waals surface area contributed by atoms with Crippen molar-refractivity contribution in [1.82, 2.24) is 25.4 Å². The van der Waals surface area contributed by atoms with E-state index in [1.807, 2.05) is 18.2 Å². The van der Waals surface area contributed by atoms with Crippen LogP contribution < -0.4 is 10.6 Å². The molecule has 154 valence electrons. The van der Waals surface area contributed by atoms with Gasteiger partial charge in [-0.25, -0.2) is 9.67 Å². The molecule has 0 saturated carbocycles. The lowest BCUT2D eigenvalue weighted by atomic mass is 10.1. The molecule has 2 N–H and O–H groups in total. The number of aliphatic imine (C=N–C) groups is 1. The molecule has 0 aliphatic rings. The lowest BCUT2D eigenvalue weighted by Crippen LogP contribution is -2.36. The van der Waals surface area contributed by atoms with Gasteiger partial charge in [0.25, 0.3) is 0 Å². The molecule has 0 aliphatic heterocycles. The van der Waals surface area contributed by atoms with Crippen molar-refractivity contribution >= 4 is 29.9 Å². The van der Waals surface area contributed by atoms with Gasteiger partial charge in [0.1, 0.15) is 0 Å². The Bertz CT molecular complexity index is 941.